The number of phenolic OH excluding ortho intramolecular Hbond substituents is 2. The zero-order valence-electron chi connectivity index (χ0n) is 30.0. The van der Waals surface area contributed by atoms with Crippen molar-refractivity contribution in [1.29, 1.82) is 0 Å². The predicted molar refractivity (Wildman–Crippen MR) is 188 cm³/mol. The van der Waals surface area contributed by atoms with Crippen LogP contribution in [0.2, 0.25) is 0 Å². The fraction of sp³-hybridized carbons (Fsp3) is 0.270. The molecule has 0 saturated heterocycles. The van der Waals surface area contributed by atoms with Gasteiger partial charge in [0.15, 0.2) is 23.1 Å². The summed E-state index contributed by atoms with van der Waals surface area (Å²) < 4.78 is 31.7. The Morgan fingerprint density at radius 3 is 1.66 bits per heavy atom. The van der Waals surface area contributed by atoms with Crippen LogP contribution >= 0.6 is 15.9 Å². The fourth-order valence-electron chi connectivity index (χ4n) is 5.62. The van der Waals surface area contributed by atoms with Gasteiger partial charge in [-0.15, -0.1) is 0 Å². The third-order valence-corrected chi connectivity index (χ3v) is 9.61. The van der Waals surface area contributed by atoms with Gasteiger partial charge in [0.1, 0.15) is 49.9 Å². The van der Waals surface area contributed by atoms with E-state index in [9.17, 15) is 44.4 Å². The number of benzene rings is 3. The van der Waals surface area contributed by atoms with E-state index in [1.54, 1.807) is 6.92 Å². The highest BCUT2D eigenvalue weighted by molar-refractivity contribution is 9.10. The number of carboxylic acid groups (broad SMARTS) is 1. The van der Waals surface area contributed by atoms with Crippen molar-refractivity contribution in [3.05, 3.63) is 90.3 Å². The summed E-state index contributed by atoms with van der Waals surface area (Å²) in [6.07, 6.45) is 1.76. The first-order chi connectivity index (χ1) is 24.8. The molecule has 0 heterocycles. The predicted octanol–water partition coefficient (Wildman–Crippen LogP) is 5.14. The van der Waals surface area contributed by atoms with Crippen LogP contribution in [0.4, 0.5) is 0 Å². The van der Waals surface area contributed by atoms with Crippen LogP contribution in [-0.2, 0) is 19.1 Å². The van der Waals surface area contributed by atoms with Crippen LogP contribution in [0.3, 0.4) is 0 Å². The van der Waals surface area contributed by atoms with E-state index in [1.165, 1.54) is 53.9 Å². The van der Waals surface area contributed by atoms with Crippen LogP contribution < -0.4 is 18.9 Å². The van der Waals surface area contributed by atoms with E-state index >= 15 is 0 Å². The number of carbonyl (C=O) groups excluding carboxylic acids is 4. The van der Waals surface area contributed by atoms with Gasteiger partial charge in [0.05, 0.1) is 21.3 Å². The number of aromatic carboxylic acids is 1. The number of ketones is 1. The molecule has 0 atom stereocenters. The fourth-order valence-corrected chi connectivity index (χ4v) is 6.20. The third kappa shape index (κ3) is 6.90. The van der Waals surface area contributed by atoms with Gasteiger partial charge in [0.25, 0.3) is 5.60 Å². The Morgan fingerprint density at radius 2 is 1.15 bits per heavy atom. The van der Waals surface area contributed by atoms with Crippen molar-refractivity contribution >= 4 is 45.6 Å². The molecule has 53 heavy (non-hydrogen) atoms. The monoisotopic (exact) mass is 798 g/mol. The van der Waals surface area contributed by atoms with E-state index < -0.39 is 58.3 Å². The lowest BCUT2D eigenvalue weighted by Gasteiger charge is -2.30. The van der Waals surface area contributed by atoms with Gasteiger partial charge in [-0.05, 0) is 91.4 Å². The molecule has 280 valence electrons. The number of aryl methyl sites for hydroxylation is 1. The number of hydrogen-bond donors (Lipinski definition) is 4. The molecule has 0 aromatic heterocycles. The van der Waals surface area contributed by atoms with Crippen LogP contribution in [0.25, 0.3) is 0 Å². The highest BCUT2D eigenvalue weighted by Gasteiger charge is 2.51. The zero-order valence-corrected chi connectivity index (χ0v) is 31.6. The lowest BCUT2D eigenvalue weighted by molar-refractivity contribution is -0.154. The van der Waals surface area contributed by atoms with Crippen LogP contribution in [0.1, 0.15) is 64.5 Å². The number of methoxy groups -OCH3 is 3. The Morgan fingerprint density at radius 1 is 0.642 bits per heavy atom. The number of allylic oxidation sites excluding steroid dienone is 2. The number of halogens is 1. The summed E-state index contributed by atoms with van der Waals surface area (Å²) in [5.74, 6) is -8.01. The maximum Gasteiger partial charge on any atom is 0.359 e. The molecule has 4 N–H and O–H groups in total. The molecule has 1 aliphatic rings. The normalized spacial score (nSPS) is 13.4. The minimum atomic E-state index is -2.67. The number of phenols is 2. The number of hydrogen-bond acceptors (Lipinski definition) is 14. The van der Waals surface area contributed by atoms with E-state index in [0.717, 1.165) is 26.4 Å². The molecule has 0 saturated carbocycles. The number of ether oxygens (including phenoxy) is 6. The Hall–Kier alpha value is -5.87. The van der Waals surface area contributed by atoms with Gasteiger partial charge in [0, 0.05) is 23.8 Å². The average molecular weight is 800 g/mol. The SMILES string of the molecule is COC1=CC(=O)C=C(OC)C1(O)C(=O)Oc1c(C)c(C)c(C(=O)Oc2cc(C)c(C(=O)Oc3cc(OC)c(C(=O)O)c(C)c3C)c(O)c2C)c(O)c1Br. The van der Waals surface area contributed by atoms with E-state index in [-0.39, 0.29) is 66.4 Å². The van der Waals surface area contributed by atoms with E-state index in [0.29, 0.717) is 11.1 Å². The second-order valence-corrected chi connectivity index (χ2v) is 12.7. The highest BCUT2D eigenvalue weighted by Crippen LogP contribution is 2.44. The van der Waals surface area contributed by atoms with Gasteiger partial charge in [-0.25, -0.2) is 19.2 Å². The second kappa shape index (κ2) is 15.0. The quantitative estimate of drug-likeness (QED) is 0.154. The summed E-state index contributed by atoms with van der Waals surface area (Å²) in [6.45, 7) is 8.81. The molecule has 15 nitrogen and oxygen atoms in total. The molecule has 3 aromatic carbocycles. The topological polar surface area (TPSA) is 222 Å². The largest absolute Gasteiger partial charge is 0.507 e. The maximum atomic E-state index is 13.6. The summed E-state index contributed by atoms with van der Waals surface area (Å²) in [5, 5.41) is 43.1. The molecule has 0 fully saturated rings. The van der Waals surface area contributed by atoms with Crippen LogP contribution in [0, 0.1) is 41.5 Å². The van der Waals surface area contributed by atoms with Crippen LogP contribution in [0.15, 0.2) is 40.3 Å². The molecule has 0 unspecified atom stereocenters. The molecule has 0 bridgehead atoms. The minimum Gasteiger partial charge on any atom is -0.507 e. The Kier molecular flexibility index (Phi) is 11.3. The van der Waals surface area contributed by atoms with Crippen molar-refractivity contribution in [2.45, 2.75) is 47.1 Å². The number of carbonyl (C=O) groups is 5. The zero-order chi connectivity index (χ0) is 39.9. The third-order valence-electron chi connectivity index (χ3n) is 8.88. The highest BCUT2D eigenvalue weighted by atomic mass is 79.9. The second-order valence-electron chi connectivity index (χ2n) is 11.9. The summed E-state index contributed by atoms with van der Waals surface area (Å²) in [7, 11) is 3.52. The average Bonchev–Trinajstić information content (AvgIpc) is 3.10. The number of aliphatic hydroxyl groups is 1. The first-order valence-corrected chi connectivity index (χ1v) is 16.3. The molecule has 0 amide bonds. The number of aromatic hydroxyl groups is 2. The first kappa shape index (κ1) is 39.9. The first-order valence-electron chi connectivity index (χ1n) is 15.5. The van der Waals surface area contributed by atoms with Crippen molar-refractivity contribution in [3.63, 3.8) is 0 Å². The van der Waals surface area contributed by atoms with Gasteiger partial charge < -0.3 is 48.8 Å². The van der Waals surface area contributed by atoms with Crippen molar-refractivity contribution in [1.82, 2.24) is 0 Å². The Labute approximate surface area is 311 Å². The van der Waals surface area contributed by atoms with Gasteiger partial charge in [0.2, 0.25) is 0 Å². The van der Waals surface area contributed by atoms with Crippen LogP contribution in [0.5, 0.6) is 34.5 Å². The lowest BCUT2D eigenvalue weighted by atomic mass is 9.92. The molecule has 0 aliphatic heterocycles. The summed E-state index contributed by atoms with van der Waals surface area (Å²) in [6, 6.07) is 2.56. The maximum absolute atomic E-state index is 13.6. The summed E-state index contributed by atoms with van der Waals surface area (Å²) >= 11 is 3.14. The summed E-state index contributed by atoms with van der Waals surface area (Å²) in [5.41, 5.74) is -2.37. The van der Waals surface area contributed by atoms with Crippen molar-refractivity contribution in [2.75, 3.05) is 21.3 Å². The molecule has 1 aliphatic carbocycles. The van der Waals surface area contributed by atoms with Gasteiger partial charge in [-0.2, -0.15) is 0 Å². The molecular formula is C37H35BrO15. The molecule has 0 spiro atoms. The van der Waals surface area contributed by atoms with Gasteiger partial charge in [-0.1, -0.05) is 0 Å². The number of rotatable bonds is 10. The Balaban J connectivity index is 1.66. The van der Waals surface area contributed by atoms with Crippen molar-refractivity contribution in [3.8, 4) is 34.5 Å². The summed E-state index contributed by atoms with van der Waals surface area (Å²) in [4.78, 5) is 64.1. The van der Waals surface area contributed by atoms with Gasteiger partial charge >= 0.3 is 23.9 Å². The van der Waals surface area contributed by atoms with Crippen LogP contribution in [-0.4, -0.2) is 77.0 Å². The minimum absolute atomic E-state index is 0.00321. The van der Waals surface area contributed by atoms with Crippen molar-refractivity contribution in [2.24, 2.45) is 0 Å². The molecule has 0 radical (unpaired) electrons. The standard InChI is InChI=1S/C37H35BrO15/c1-14-10-21(19(6)30(40)26(14)34(44)52-22-13-23(48-7)27(33(42)43)16(3)15(22)2)51-35(45)28-17(4)18(5)32(29(38)31(28)41)53-36(46)37(47)24(49-8)11-20(39)12-25(37)50-9/h10-13,40-41,47H,1-9H3,(H,42,43). The lowest BCUT2D eigenvalue weighted by Crippen LogP contribution is -2.48. The number of esters is 3. The number of carboxylic acids is 1. The Bertz CT molecular complexity index is 2120. The smallest absolute Gasteiger partial charge is 0.359 e. The molecule has 4 rings (SSSR count). The van der Waals surface area contributed by atoms with Crippen molar-refractivity contribution < 1.29 is 72.8 Å². The molecule has 16 heteroatoms. The van der Waals surface area contributed by atoms with E-state index in [2.05, 4.69) is 15.9 Å². The van der Waals surface area contributed by atoms with Gasteiger partial charge in [-0.3, -0.25) is 4.79 Å². The molecular weight excluding hydrogens is 764 g/mol. The molecule has 3 aromatic rings. The van der Waals surface area contributed by atoms with E-state index in [4.69, 9.17) is 28.4 Å². The van der Waals surface area contributed by atoms with E-state index in [1.807, 2.05) is 0 Å².